The van der Waals surface area contributed by atoms with Gasteiger partial charge < -0.3 is 15.0 Å². The fourth-order valence-electron chi connectivity index (χ4n) is 2.24. The molecule has 2 heterocycles. The first-order chi connectivity index (χ1) is 10.3. The van der Waals surface area contributed by atoms with Gasteiger partial charge in [-0.2, -0.15) is 0 Å². The molecule has 0 aromatic carbocycles. The summed E-state index contributed by atoms with van der Waals surface area (Å²) in [6.07, 6.45) is 2.55. The highest BCUT2D eigenvalue weighted by Crippen LogP contribution is 2.21. The minimum atomic E-state index is -0.582. The predicted octanol–water partition coefficient (Wildman–Crippen LogP) is 2.71. The summed E-state index contributed by atoms with van der Waals surface area (Å²) in [6, 6.07) is 3.17. The molecule has 0 bridgehead atoms. The molecule has 1 aromatic rings. The lowest BCUT2D eigenvalue weighted by molar-refractivity contribution is -0.121. The molecule has 22 heavy (non-hydrogen) atoms. The van der Waals surface area contributed by atoms with E-state index in [-0.39, 0.29) is 5.91 Å². The zero-order valence-electron chi connectivity index (χ0n) is 12.9. The van der Waals surface area contributed by atoms with Crippen LogP contribution in [0.3, 0.4) is 0 Å². The van der Waals surface area contributed by atoms with Crippen LogP contribution < -0.4 is 10.2 Å². The van der Waals surface area contributed by atoms with E-state index < -0.39 is 17.7 Å². The summed E-state index contributed by atoms with van der Waals surface area (Å²) in [4.78, 5) is 30.2. The molecule has 2 amide bonds. The number of nitrogens with zero attached hydrogens (tertiary/aromatic N) is 2. The molecule has 1 saturated heterocycles. The van der Waals surface area contributed by atoms with Crippen molar-refractivity contribution in [3.05, 3.63) is 22.0 Å². The van der Waals surface area contributed by atoms with E-state index in [2.05, 4.69) is 32.9 Å². The highest BCUT2D eigenvalue weighted by Gasteiger charge is 2.32. The first-order valence-electron chi connectivity index (χ1n) is 7.19. The molecule has 0 radical (unpaired) electrons. The number of piperidine rings is 1. The van der Waals surface area contributed by atoms with Gasteiger partial charge in [-0.1, -0.05) is 0 Å². The van der Waals surface area contributed by atoms with E-state index in [0.29, 0.717) is 13.0 Å². The molecule has 120 valence electrons. The van der Waals surface area contributed by atoms with Crippen LogP contribution in [0.25, 0.3) is 0 Å². The standard InChI is InChI=1S/C15H20IN3O3/c1-15(2,3)22-14(21)18-11-5-4-8-19(13(11)20)10-6-7-12(16)17-9-10/h6-7,9,11H,4-5,8H2,1-3H3,(H,18,21)/t11-/m1/s1. The molecule has 0 aliphatic carbocycles. The number of carbonyl (C=O) groups excluding carboxylic acids is 2. The van der Waals surface area contributed by atoms with Crippen molar-refractivity contribution >= 4 is 40.3 Å². The minimum absolute atomic E-state index is 0.125. The van der Waals surface area contributed by atoms with E-state index >= 15 is 0 Å². The number of alkyl carbamates (subject to hydrolysis) is 1. The van der Waals surface area contributed by atoms with Crippen LogP contribution in [0.5, 0.6) is 0 Å². The summed E-state index contributed by atoms with van der Waals surface area (Å²) in [5, 5.41) is 2.66. The Morgan fingerprint density at radius 3 is 2.77 bits per heavy atom. The van der Waals surface area contributed by atoms with E-state index in [1.165, 1.54) is 0 Å². The number of hydrogen-bond acceptors (Lipinski definition) is 4. The quantitative estimate of drug-likeness (QED) is 0.594. The fraction of sp³-hybridized carbons (Fsp3) is 0.533. The van der Waals surface area contributed by atoms with Gasteiger partial charge in [0.15, 0.2) is 0 Å². The molecule has 1 aromatic heterocycles. The number of ether oxygens (including phenoxy) is 1. The molecule has 1 N–H and O–H groups in total. The van der Waals surface area contributed by atoms with Crippen molar-refractivity contribution in [2.45, 2.75) is 45.3 Å². The smallest absolute Gasteiger partial charge is 0.408 e. The topological polar surface area (TPSA) is 71.5 Å². The maximum atomic E-state index is 12.5. The van der Waals surface area contributed by atoms with Crippen LogP contribution in [-0.4, -0.2) is 35.2 Å². The maximum Gasteiger partial charge on any atom is 0.408 e. The van der Waals surface area contributed by atoms with Gasteiger partial charge in [-0.05, 0) is 68.3 Å². The first-order valence-corrected chi connectivity index (χ1v) is 8.26. The van der Waals surface area contributed by atoms with Gasteiger partial charge in [-0.25, -0.2) is 9.78 Å². The molecule has 1 aliphatic rings. The number of pyridine rings is 1. The van der Waals surface area contributed by atoms with E-state index in [0.717, 1.165) is 15.8 Å². The highest BCUT2D eigenvalue weighted by atomic mass is 127. The Hall–Kier alpha value is -1.38. The van der Waals surface area contributed by atoms with Crippen LogP contribution in [0.4, 0.5) is 10.5 Å². The van der Waals surface area contributed by atoms with Crippen LogP contribution in [0, 0.1) is 3.70 Å². The number of aromatic nitrogens is 1. The van der Waals surface area contributed by atoms with Crippen molar-refractivity contribution in [1.82, 2.24) is 10.3 Å². The Bertz CT molecular complexity index is 554. The van der Waals surface area contributed by atoms with Crippen molar-refractivity contribution in [2.75, 3.05) is 11.4 Å². The zero-order chi connectivity index (χ0) is 16.3. The van der Waals surface area contributed by atoms with Gasteiger partial charge in [0.1, 0.15) is 15.3 Å². The average Bonchev–Trinajstić information content (AvgIpc) is 2.40. The second kappa shape index (κ2) is 6.80. The van der Waals surface area contributed by atoms with E-state index in [9.17, 15) is 9.59 Å². The molecule has 2 rings (SSSR count). The normalized spacial score (nSPS) is 19.0. The van der Waals surface area contributed by atoms with Crippen LogP contribution in [0.2, 0.25) is 0 Å². The average molecular weight is 417 g/mol. The molecular formula is C15H20IN3O3. The van der Waals surface area contributed by atoms with Crippen LogP contribution >= 0.6 is 22.6 Å². The van der Waals surface area contributed by atoms with Gasteiger partial charge in [0, 0.05) is 6.54 Å². The molecule has 7 heteroatoms. The Balaban J connectivity index is 2.04. The largest absolute Gasteiger partial charge is 0.444 e. The molecule has 6 nitrogen and oxygen atoms in total. The third-order valence-corrected chi connectivity index (χ3v) is 3.79. The summed E-state index contributed by atoms with van der Waals surface area (Å²) in [6.45, 7) is 6.00. The SMILES string of the molecule is CC(C)(C)OC(=O)N[C@@H]1CCCN(c2ccc(I)nc2)C1=O. The second-order valence-electron chi connectivity index (χ2n) is 6.17. The van der Waals surface area contributed by atoms with Crippen LogP contribution in [-0.2, 0) is 9.53 Å². The Kier molecular flexibility index (Phi) is 5.25. The minimum Gasteiger partial charge on any atom is -0.444 e. The van der Waals surface area contributed by atoms with Crippen molar-refractivity contribution in [1.29, 1.82) is 0 Å². The van der Waals surface area contributed by atoms with Crippen molar-refractivity contribution < 1.29 is 14.3 Å². The number of nitrogens with one attached hydrogen (secondary N) is 1. The lowest BCUT2D eigenvalue weighted by Crippen LogP contribution is -2.53. The number of halogens is 1. The lowest BCUT2D eigenvalue weighted by Gasteiger charge is -2.32. The summed E-state index contributed by atoms with van der Waals surface area (Å²) >= 11 is 2.12. The Morgan fingerprint density at radius 1 is 1.45 bits per heavy atom. The van der Waals surface area contributed by atoms with E-state index in [4.69, 9.17) is 4.74 Å². The predicted molar refractivity (Wildman–Crippen MR) is 91.7 cm³/mol. The summed E-state index contributed by atoms with van der Waals surface area (Å²) < 4.78 is 6.08. The summed E-state index contributed by atoms with van der Waals surface area (Å²) in [5.41, 5.74) is 0.169. The molecule has 1 fully saturated rings. The van der Waals surface area contributed by atoms with Crippen molar-refractivity contribution in [3.8, 4) is 0 Å². The van der Waals surface area contributed by atoms with Crippen LogP contribution in [0.1, 0.15) is 33.6 Å². The Morgan fingerprint density at radius 2 is 2.18 bits per heavy atom. The van der Waals surface area contributed by atoms with E-state index in [1.54, 1.807) is 31.9 Å². The van der Waals surface area contributed by atoms with Crippen LogP contribution in [0.15, 0.2) is 18.3 Å². The molecule has 1 atom stereocenters. The third kappa shape index (κ3) is 4.56. The number of carbonyl (C=O) groups is 2. The van der Waals surface area contributed by atoms with Gasteiger partial charge in [0.25, 0.3) is 0 Å². The highest BCUT2D eigenvalue weighted by molar-refractivity contribution is 14.1. The van der Waals surface area contributed by atoms with Gasteiger partial charge >= 0.3 is 6.09 Å². The number of amides is 2. The monoisotopic (exact) mass is 417 g/mol. The number of hydrogen-bond donors (Lipinski definition) is 1. The summed E-state index contributed by atoms with van der Waals surface area (Å²) in [7, 11) is 0. The van der Waals surface area contributed by atoms with Gasteiger partial charge in [-0.3, -0.25) is 4.79 Å². The molecule has 1 aliphatic heterocycles. The second-order valence-corrected chi connectivity index (χ2v) is 7.28. The fourth-order valence-corrected chi connectivity index (χ4v) is 2.56. The number of anilines is 1. The maximum absolute atomic E-state index is 12.5. The first kappa shape index (κ1) is 17.0. The Labute approximate surface area is 143 Å². The zero-order valence-corrected chi connectivity index (χ0v) is 15.1. The van der Waals surface area contributed by atoms with E-state index in [1.807, 2.05) is 12.1 Å². The van der Waals surface area contributed by atoms with Crippen molar-refractivity contribution in [2.24, 2.45) is 0 Å². The lowest BCUT2D eigenvalue weighted by atomic mass is 10.0. The molecular weight excluding hydrogens is 397 g/mol. The number of rotatable bonds is 2. The molecule has 0 saturated carbocycles. The van der Waals surface area contributed by atoms with Gasteiger partial charge in [0.05, 0.1) is 11.9 Å². The van der Waals surface area contributed by atoms with Gasteiger partial charge in [-0.15, -0.1) is 0 Å². The summed E-state index contributed by atoms with van der Waals surface area (Å²) in [5.74, 6) is -0.125. The van der Waals surface area contributed by atoms with Crippen molar-refractivity contribution in [3.63, 3.8) is 0 Å². The molecule has 0 spiro atoms. The van der Waals surface area contributed by atoms with Gasteiger partial charge in [0.2, 0.25) is 5.91 Å². The molecule has 0 unspecified atom stereocenters. The third-order valence-electron chi connectivity index (χ3n) is 3.15.